The third-order valence-electron chi connectivity index (χ3n) is 3.34. The van der Waals surface area contributed by atoms with Crippen LogP contribution in [0.2, 0.25) is 0 Å². The van der Waals surface area contributed by atoms with Gasteiger partial charge in [-0.15, -0.1) is 0 Å². The highest BCUT2D eigenvalue weighted by atomic mass is 19.1. The fourth-order valence-electron chi connectivity index (χ4n) is 2.00. The molecule has 0 spiro atoms. The van der Waals surface area contributed by atoms with Crippen LogP contribution in [-0.4, -0.2) is 9.97 Å². The Morgan fingerprint density at radius 1 is 1.14 bits per heavy atom. The smallest absolute Gasteiger partial charge is 0.135 e. The second kappa shape index (κ2) is 6.08. The molecule has 1 heterocycles. The Labute approximate surface area is 124 Å². The number of anilines is 2. The van der Waals surface area contributed by atoms with Gasteiger partial charge in [-0.25, -0.2) is 14.4 Å². The average molecular weight is 288 g/mol. The van der Waals surface area contributed by atoms with Gasteiger partial charge in [-0.2, -0.15) is 0 Å². The molecule has 21 heavy (non-hydrogen) atoms. The molecule has 2 aromatic rings. The molecule has 0 aliphatic carbocycles. The fraction of sp³-hybridized carbons (Fsp3) is 0.375. The molecule has 0 radical (unpaired) electrons. The molecule has 112 valence electrons. The Kier molecular flexibility index (Phi) is 4.40. The highest BCUT2D eigenvalue weighted by Gasteiger charge is 2.11. The summed E-state index contributed by atoms with van der Waals surface area (Å²) in [6.45, 7) is 7.73. The second-order valence-electron chi connectivity index (χ2n) is 5.57. The first-order chi connectivity index (χ1) is 9.86. The zero-order chi connectivity index (χ0) is 15.6. The maximum Gasteiger partial charge on any atom is 0.135 e. The fourth-order valence-corrected chi connectivity index (χ4v) is 2.00. The van der Waals surface area contributed by atoms with E-state index in [1.807, 2.05) is 26.8 Å². The summed E-state index contributed by atoms with van der Waals surface area (Å²) in [6.07, 6.45) is 0. The van der Waals surface area contributed by atoms with Crippen LogP contribution in [0, 0.1) is 12.7 Å². The van der Waals surface area contributed by atoms with Crippen LogP contribution in [0.1, 0.15) is 49.7 Å². The Bertz CT molecular complexity index is 640. The molecule has 0 saturated heterocycles. The molecule has 0 aliphatic heterocycles. The number of aryl methyl sites for hydroxylation is 1. The lowest BCUT2D eigenvalue weighted by Crippen LogP contribution is -2.11. The van der Waals surface area contributed by atoms with Crippen LogP contribution in [0.25, 0.3) is 0 Å². The first-order valence-electron chi connectivity index (χ1n) is 7.04. The summed E-state index contributed by atoms with van der Waals surface area (Å²) < 4.78 is 13.6. The van der Waals surface area contributed by atoms with E-state index >= 15 is 0 Å². The van der Waals surface area contributed by atoms with Gasteiger partial charge in [0.2, 0.25) is 0 Å². The van der Waals surface area contributed by atoms with Gasteiger partial charge in [0, 0.05) is 12.0 Å². The Morgan fingerprint density at radius 3 is 2.48 bits per heavy atom. The Balaban J connectivity index is 2.22. The largest absolute Gasteiger partial charge is 0.384 e. The minimum atomic E-state index is -0.203. The van der Waals surface area contributed by atoms with Crippen LogP contribution in [0.5, 0.6) is 0 Å². The van der Waals surface area contributed by atoms with Gasteiger partial charge in [0.1, 0.15) is 23.3 Å². The summed E-state index contributed by atoms with van der Waals surface area (Å²) in [4.78, 5) is 8.65. The van der Waals surface area contributed by atoms with Gasteiger partial charge in [-0.05, 0) is 31.0 Å². The number of aromatic nitrogens is 2. The van der Waals surface area contributed by atoms with Crippen molar-refractivity contribution in [2.45, 2.75) is 39.7 Å². The van der Waals surface area contributed by atoms with E-state index in [1.54, 1.807) is 25.1 Å². The molecule has 4 nitrogen and oxygen atoms in total. The third kappa shape index (κ3) is 3.68. The average Bonchev–Trinajstić information content (AvgIpc) is 2.41. The SMILES string of the molecule is Cc1ccc(C(C)Nc2cc(N)nc(C(C)C)n2)cc1F. The lowest BCUT2D eigenvalue weighted by atomic mass is 10.1. The molecule has 1 atom stereocenters. The minimum Gasteiger partial charge on any atom is -0.384 e. The van der Waals surface area contributed by atoms with Crippen LogP contribution in [0.3, 0.4) is 0 Å². The molecule has 1 unspecified atom stereocenters. The van der Waals surface area contributed by atoms with Crippen molar-refractivity contribution in [1.29, 1.82) is 0 Å². The molecule has 0 bridgehead atoms. The normalized spacial score (nSPS) is 12.5. The van der Waals surface area contributed by atoms with E-state index in [1.165, 1.54) is 0 Å². The molecule has 1 aromatic carbocycles. The molecular formula is C16H21FN4. The lowest BCUT2D eigenvalue weighted by molar-refractivity contribution is 0.614. The van der Waals surface area contributed by atoms with Crippen molar-refractivity contribution >= 4 is 11.6 Å². The number of nitrogens with one attached hydrogen (secondary N) is 1. The summed E-state index contributed by atoms with van der Waals surface area (Å²) in [5.74, 6) is 1.77. The van der Waals surface area contributed by atoms with E-state index in [0.29, 0.717) is 23.0 Å². The molecular weight excluding hydrogens is 267 g/mol. The van der Waals surface area contributed by atoms with E-state index in [4.69, 9.17) is 5.73 Å². The van der Waals surface area contributed by atoms with E-state index in [0.717, 1.165) is 5.56 Å². The molecule has 2 rings (SSSR count). The van der Waals surface area contributed by atoms with Crippen LogP contribution in [-0.2, 0) is 0 Å². The number of nitrogens with two attached hydrogens (primary N) is 1. The number of hydrogen-bond acceptors (Lipinski definition) is 4. The highest BCUT2D eigenvalue weighted by molar-refractivity contribution is 5.46. The summed E-state index contributed by atoms with van der Waals surface area (Å²) >= 11 is 0. The summed E-state index contributed by atoms with van der Waals surface area (Å²) in [5.41, 5.74) is 7.31. The van der Waals surface area contributed by atoms with E-state index in [2.05, 4.69) is 15.3 Å². The van der Waals surface area contributed by atoms with E-state index in [-0.39, 0.29) is 17.8 Å². The molecule has 1 aromatic heterocycles. The number of benzene rings is 1. The predicted octanol–water partition coefficient (Wildman–Crippen LogP) is 3.80. The maximum absolute atomic E-state index is 13.6. The van der Waals surface area contributed by atoms with Gasteiger partial charge in [0.15, 0.2) is 0 Å². The quantitative estimate of drug-likeness (QED) is 0.898. The second-order valence-corrected chi connectivity index (χ2v) is 5.57. The minimum absolute atomic E-state index is 0.0746. The Hall–Kier alpha value is -2.17. The number of halogens is 1. The zero-order valence-corrected chi connectivity index (χ0v) is 12.8. The number of hydrogen-bond donors (Lipinski definition) is 2. The summed E-state index contributed by atoms with van der Waals surface area (Å²) in [7, 11) is 0. The van der Waals surface area contributed by atoms with E-state index < -0.39 is 0 Å². The lowest BCUT2D eigenvalue weighted by Gasteiger charge is -2.17. The highest BCUT2D eigenvalue weighted by Crippen LogP contribution is 2.22. The topological polar surface area (TPSA) is 63.8 Å². The van der Waals surface area contributed by atoms with Crippen molar-refractivity contribution in [2.75, 3.05) is 11.1 Å². The molecule has 5 heteroatoms. The zero-order valence-electron chi connectivity index (χ0n) is 12.8. The standard InChI is InChI=1S/C16H21FN4/c1-9(2)16-20-14(18)8-15(21-16)19-11(4)12-6-5-10(3)13(17)7-12/h5-9,11H,1-4H3,(H3,18,19,20,21). The predicted molar refractivity (Wildman–Crippen MR) is 83.7 cm³/mol. The van der Waals surface area contributed by atoms with Gasteiger partial charge in [-0.3, -0.25) is 0 Å². The van der Waals surface area contributed by atoms with E-state index in [9.17, 15) is 4.39 Å². The van der Waals surface area contributed by atoms with Gasteiger partial charge >= 0.3 is 0 Å². The van der Waals surface area contributed by atoms with Gasteiger partial charge in [0.25, 0.3) is 0 Å². The third-order valence-corrected chi connectivity index (χ3v) is 3.34. The summed E-state index contributed by atoms with van der Waals surface area (Å²) in [5, 5.41) is 3.24. The Morgan fingerprint density at radius 2 is 1.86 bits per heavy atom. The molecule has 0 saturated carbocycles. The number of nitrogen functional groups attached to an aromatic ring is 1. The molecule has 0 aliphatic rings. The van der Waals surface area contributed by atoms with Crippen LogP contribution < -0.4 is 11.1 Å². The monoisotopic (exact) mass is 288 g/mol. The maximum atomic E-state index is 13.6. The molecule has 3 N–H and O–H groups in total. The molecule has 0 amide bonds. The van der Waals surface area contributed by atoms with Crippen molar-refractivity contribution < 1.29 is 4.39 Å². The van der Waals surface area contributed by atoms with Crippen LogP contribution >= 0.6 is 0 Å². The number of rotatable bonds is 4. The van der Waals surface area contributed by atoms with Crippen molar-refractivity contribution in [3.8, 4) is 0 Å². The first-order valence-corrected chi connectivity index (χ1v) is 7.04. The molecule has 0 fully saturated rings. The van der Waals surface area contributed by atoms with Crippen molar-refractivity contribution in [3.63, 3.8) is 0 Å². The van der Waals surface area contributed by atoms with Gasteiger partial charge in [0.05, 0.1) is 6.04 Å². The first kappa shape index (κ1) is 15.2. The van der Waals surface area contributed by atoms with Crippen molar-refractivity contribution in [2.24, 2.45) is 0 Å². The van der Waals surface area contributed by atoms with Crippen molar-refractivity contribution in [1.82, 2.24) is 9.97 Å². The van der Waals surface area contributed by atoms with Gasteiger partial charge in [-0.1, -0.05) is 26.0 Å². The van der Waals surface area contributed by atoms with Crippen LogP contribution in [0.4, 0.5) is 16.0 Å². The van der Waals surface area contributed by atoms with Crippen molar-refractivity contribution in [3.05, 3.63) is 47.0 Å². The number of nitrogens with zero attached hydrogens (tertiary/aromatic N) is 2. The summed E-state index contributed by atoms with van der Waals surface area (Å²) in [6, 6.07) is 6.84. The van der Waals surface area contributed by atoms with Crippen LogP contribution in [0.15, 0.2) is 24.3 Å². The van der Waals surface area contributed by atoms with Gasteiger partial charge < -0.3 is 11.1 Å².